The number of carbonyl (C=O) groups excluding carboxylic acids is 1. The van der Waals surface area contributed by atoms with Crippen molar-refractivity contribution in [3.05, 3.63) is 30.7 Å². The molecule has 0 aromatic heterocycles. The maximum atomic E-state index is 10.9. The van der Waals surface area contributed by atoms with Crippen LogP contribution in [0.1, 0.15) is 5.56 Å². The fraction of sp³-hybridized carbons (Fsp3) is 0.200. The molecule has 1 amide bonds. The number of hydrogen-bond donors (Lipinski definition) is 0. The second-order valence-electron chi connectivity index (χ2n) is 2.91. The SMILES string of the molecule is [CH2-]C(=O)N(C)c1[c-]cc(C)c(P)c1.[Y]. The first-order valence-electron chi connectivity index (χ1n) is 3.90. The van der Waals surface area contributed by atoms with E-state index in [2.05, 4.69) is 22.2 Å². The van der Waals surface area contributed by atoms with Crippen molar-refractivity contribution < 1.29 is 37.5 Å². The van der Waals surface area contributed by atoms with E-state index >= 15 is 0 Å². The number of anilines is 1. The van der Waals surface area contributed by atoms with Crippen LogP contribution < -0.4 is 10.2 Å². The Kier molecular flexibility index (Phi) is 5.89. The van der Waals surface area contributed by atoms with Crippen LogP contribution in [0.4, 0.5) is 5.69 Å². The summed E-state index contributed by atoms with van der Waals surface area (Å²) in [6.07, 6.45) is 0. The molecule has 4 heteroatoms. The van der Waals surface area contributed by atoms with Crippen LogP contribution in [0.2, 0.25) is 0 Å². The monoisotopic (exact) mass is 282 g/mol. The quantitative estimate of drug-likeness (QED) is 0.558. The van der Waals surface area contributed by atoms with Gasteiger partial charge in [-0.1, -0.05) is 12.6 Å². The van der Waals surface area contributed by atoms with Crippen molar-refractivity contribution in [2.45, 2.75) is 6.92 Å². The first-order valence-corrected chi connectivity index (χ1v) is 4.47. The van der Waals surface area contributed by atoms with E-state index < -0.39 is 0 Å². The van der Waals surface area contributed by atoms with Crippen LogP contribution in [0.5, 0.6) is 0 Å². The summed E-state index contributed by atoms with van der Waals surface area (Å²) in [6, 6.07) is 6.76. The van der Waals surface area contributed by atoms with E-state index in [1.807, 2.05) is 19.1 Å². The molecular weight excluding hydrogens is 270 g/mol. The summed E-state index contributed by atoms with van der Waals surface area (Å²) >= 11 is 0. The third kappa shape index (κ3) is 3.35. The van der Waals surface area contributed by atoms with Gasteiger partial charge in [0.15, 0.2) is 0 Å². The molecule has 0 spiro atoms. The number of rotatable bonds is 1. The summed E-state index contributed by atoms with van der Waals surface area (Å²) in [7, 11) is 4.30. The van der Waals surface area contributed by atoms with Gasteiger partial charge in [0, 0.05) is 39.8 Å². The fourth-order valence-electron chi connectivity index (χ4n) is 0.896. The maximum absolute atomic E-state index is 10.9. The summed E-state index contributed by atoms with van der Waals surface area (Å²) in [6.45, 7) is 5.32. The van der Waals surface area contributed by atoms with E-state index in [0.717, 1.165) is 16.6 Å². The molecule has 0 N–H and O–H groups in total. The standard InChI is InChI=1S/C10H12NOP.Y/c1-7-4-5-9(6-10(7)13)11(3)8(2)12;/h4,6H,2,13H2,1,3H3;/q-2;. The molecule has 0 saturated heterocycles. The molecule has 0 aliphatic rings. The van der Waals surface area contributed by atoms with Gasteiger partial charge in [0.05, 0.1) is 5.91 Å². The van der Waals surface area contributed by atoms with E-state index in [-0.39, 0.29) is 38.6 Å². The molecule has 1 radical (unpaired) electrons. The predicted octanol–water partition coefficient (Wildman–Crippen LogP) is 1.09. The molecule has 0 aliphatic heterocycles. The molecule has 1 aromatic carbocycles. The molecule has 14 heavy (non-hydrogen) atoms. The van der Waals surface area contributed by atoms with Crippen molar-refractivity contribution in [3.63, 3.8) is 0 Å². The molecule has 0 saturated carbocycles. The van der Waals surface area contributed by atoms with Crippen molar-refractivity contribution in [2.24, 2.45) is 0 Å². The average Bonchev–Trinajstić information content (AvgIpc) is 2.08. The van der Waals surface area contributed by atoms with Crippen LogP contribution in [0.15, 0.2) is 12.1 Å². The average molecular weight is 282 g/mol. The zero-order valence-electron chi connectivity index (χ0n) is 8.37. The van der Waals surface area contributed by atoms with Gasteiger partial charge in [0.1, 0.15) is 0 Å². The van der Waals surface area contributed by atoms with Crippen LogP contribution in [0.3, 0.4) is 0 Å². The Balaban J connectivity index is 0.00000169. The molecule has 1 rings (SSSR count). The van der Waals surface area contributed by atoms with Crippen molar-refractivity contribution in [1.82, 2.24) is 0 Å². The number of hydrogen-bond acceptors (Lipinski definition) is 1. The number of nitrogens with zero attached hydrogens (tertiary/aromatic N) is 1. The Morgan fingerprint density at radius 2 is 2.21 bits per heavy atom. The molecule has 0 aliphatic carbocycles. The Bertz CT molecular complexity index is 341. The fourth-order valence-corrected chi connectivity index (χ4v) is 1.14. The third-order valence-electron chi connectivity index (χ3n) is 1.92. The summed E-state index contributed by atoms with van der Waals surface area (Å²) in [5.41, 5.74) is 1.88. The van der Waals surface area contributed by atoms with Crippen molar-refractivity contribution in [2.75, 3.05) is 11.9 Å². The molecular formula is C10H12NOPY-2. The summed E-state index contributed by atoms with van der Waals surface area (Å²) < 4.78 is 0. The number of amides is 1. The van der Waals surface area contributed by atoms with Gasteiger partial charge < -0.3 is 16.6 Å². The van der Waals surface area contributed by atoms with Gasteiger partial charge in [0.25, 0.3) is 0 Å². The van der Waals surface area contributed by atoms with Crippen molar-refractivity contribution in [3.8, 4) is 0 Å². The van der Waals surface area contributed by atoms with Gasteiger partial charge in [-0.15, -0.1) is 20.6 Å². The van der Waals surface area contributed by atoms with E-state index in [1.165, 1.54) is 4.90 Å². The minimum atomic E-state index is -0.232. The van der Waals surface area contributed by atoms with Crippen LogP contribution in [0, 0.1) is 19.9 Å². The first kappa shape index (κ1) is 14.1. The number of benzene rings is 1. The molecule has 73 valence electrons. The van der Waals surface area contributed by atoms with Crippen LogP contribution in [-0.4, -0.2) is 13.0 Å². The molecule has 1 atom stereocenters. The van der Waals surface area contributed by atoms with E-state index in [4.69, 9.17) is 0 Å². The summed E-state index contributed by atoms with van der Waals surface area (Å²) in [4.78, 5) is 12.4. The van der Waals surface area contributed by atoms with E-state index in [0.29, 0.717) is 0 Å². The summed E-state index contributed by atoms with van der Waals surface area (Å²) in [5, 5.41) is 1.07. The van der Waals surface area contributed by atoms with Gasteiger partial charge in [-0.05, 0) is 0 Å². The minimum absolute atomic E-state index is 0. The Morgan fingerprint density at radius 1 is 1.64 bits per heavy atom. The Morgan fingerprint density at radius 3 is 2.64 bits per heavy atom. The first-order chi connectivity index (χ1) is 6.02. The number of aryl methyl sites for hydroxylation is 1. The second kappa shape index (κ2) is 5.85. The smallest absolute Gasteiger partial charge is 0.0846 e. The zero-order chi connectivity index (χ0) is 10.0. The Labute approximate surface area is 113 Å². The van der Waals surface area contributed by atoms with Gasteiger partial charge >= 0.3 is 0 Å². The zero-order valence-corrected chi connectivity index (χ0v) is 12.4. The van der Waals surface area contributed by atoms with Crippen LogP contribution in [0.25, 0.3) is 0 Å². The van der Waals surface area contributed by atoms with Gasteiger partial charge in [-0.2, -0.15) is 17.7 Å². The molecule has 0 heterocycles. The van der Waals surface area contributed by atoms with Gasteiger partial charge in [0.2, 0.25) is 0 Å². The summed E-state index contributed by atoms with van der Waals surface area (Å²) in [5.74, 6) is -0.232. The Hall–Kier alpha value is 0.0939. The minimum Gasteiger partial charge on any atom is -0.364 e. The largest absolute Gasteiger partial charge is 0.364 e. The number of carbonyl (C=O) groups is 1. The van der Waals surface area contributed by atoms with Crippen LogP contribution >= 0.6 is 9.24 Å². The van der Waals surface area contributed by atoms with Crippen molar-refractivity contribution in [1.29, 1.82) is 0 Å². The molecule has 1 unspecified atom stereocenters. The van der Waals surface area contributed by atoms with Crippen molar-refractivity contribution >= 4 is 26.1 Å². The second-order valence-corrected chi connectivity index (χ2v) is 3.53. The maximum Gasteiger partial charge on any atom is 0.0846 e. The molecule has 2 nitrogen and oxygen atoms in total. The van der Waals surface area contributed by atoms with Gasteiger partial charge in [-0.25, -0.2) is 0 Å². The van der Waals surface area contributed by atoms with E-state index in [1.54, 1.807) is 7.05 Å². The third-order valence-corrected chi connectivity index (χ3v) is 2.54. The predicted molar refractivity (Wildman–Crippen MR) is 58.1 cm³/mol. The molecule has 0 fully saturated rings. The molecule has 0 bridgehead atoms. The topological polar surface area (TPSA) is 20.3 Å². The normalized spacial score (nSPS) is 9.07. The molecule has 1 aromatic rings. The van der Waals surface area contributed by atoms with Gasteiger partial charge in [-0.3, -0.25) is 0 Å². The van der Waals surface area contributed by atoms with Crippen LogP contribution in [-0.2, 0) is 37.5 Å². The van der Waals surface area contributed by atoms with E-state index in [9.17, 15) is 4.79 Å².